The van der Waals surface area contributed by atoms with Gasteiger partial charge in [0.1, 0.15) is 0 Å². The molecule has 0 heterocycles. The molecule has 1 unspecified atom stereocenters. The van der Waals surface area contributed by atoms with Gasteiger partial charge in [-0.3, -0.25) is 0 Å². The van der Waals surface area contributed by atoms with Crippen molar-refractivity contribution in [2.45, 2.75) is 0 Å². The van der Waals surface area contributed by atoms with Crippen molar-refractivity contribution in [2.75, 3.05) is 33.3 Å². The van der Waals surface area contributed by atoms with Gasteiger partial charge >= 0.3 is 47.9 Å². The molecule has 0 aliphatic carbocycles. The quantitative estimate of drug-likeness (QED) is 0.595. The first-order valence-electron chi connectivity index (χ1n) is 2.51. The van der Waals surface area contributed by atoms with E-state index in [-0.39, 0.29) is 17.0 Å². The fourth-order valence-electron chi connectivity index (χ4n) is 0. The first kappa shape index (κ1) is 12.1. The zero-order valence-corrected chi connectivity index (χ0v) is 9.96. The Morgan fingerprint density at radius 3 is 1.12 bits per heavy atom. The van der Waals surface area contributed by atoms with Crippen molar-refractivity contribution < 1.29 is 0 Å². The topological polar surface area (TPSA) is 0 Å². The molecule has 0 rings (SSSR count). The molecule has 0 nitrogen and oxygen atoms in total. The van der Waals surface area contributed by atoms with Crippen LogP contribution < -0.4 is 0 Å². The molecule has 0 aromatic carbocycles. The average Bonchev–Trinajstić information content (AvgIpc) is 1.32. The van der Waals surface area contributed by atoms with Crippen LogP contribution in [-0.2, 0) is 0 Å². The van der Waals surface area contributed by atoms with Crippen LogP contribution in [-0.4, -0.2) is 33.3 Å². The van der Waals surface area contributed by atoms with Crippen molar-refractivity contribution in [1.29, 1.82) is 0 Å². The van der Waals surface area contributed by atoms with Crippen LogP contribution in [0.2, 0.25) is 0 Å². The van der Waals surface area contributed by atoms with E-state index in [1.165, 1.54) is 0 Å². The normalized spacial score (nSPS) is 17.4. The molecule has 0 aliphatic rings. The van der Waals surface area contributed by atoms with Crippen LogP contribution in [0.3, 0.4) is 0 Å². The van der Waals surface area contributed by atoms with E-state index in [2.05, 4.69) is 33.3 Å². The van der Waals surface area contributed by atoms with Crippen LogP contribution in [0.5, 0.6) is 0 Å². The van der Waals surface area contributed by atoms with Gasteiger partial charge in [0.2, 0.25) is 0 Å². The summed E-state index contributed by atoms with van der Waals surface area (Å²) in [6, 6.07) is 0. The molecular weight excluding hydrogens is 202 g/mol. The third-order valence-corrected chi connectivity index (χ3v) is 8.05. The number of rotatable bonds is 1. The summed E-state index contributed by atoms with van der Waals surface area (Å²) in [6.45, 7) is 11.9. The molecular formula is C5H17BrP2. The maximum atomic E-state index is 2.41. The van der Waals surface area contributed by atoms with Crippen LogP contribution >= 0.6 is 31.5 Å². The zero-order valence-electron chi connectivity index (χ0n) is 6.36. The number of halogens is 1. The average molecular weight is 219 g/mol. The van der Waals surface area contributed by atoms with E-state index in [1.807, 2.05) is 0 Å². The monoisotopic (exact) mass is 218 g/mol. The standard InChI is InChI=1S/C5H16P2.BrH/c1-6-7(2,3,4)5;/h6H,1-5H3;1H. The van der Waals surface area contributed by atoms with Crippen LogP contribution in [0.25, 0.3) is 0 Å². The summed E-state index contributed by atoms with van der Waals surface area (Å²) in [5.74, 6) is 0. The van der Waals surface area contributed by atoms with Crippen molar-refractivity contribution in [3.05, 3.63) is 0 Å². The molecule has 0 amide bonds. The molecule has 0 radical (unpaired) electrons. The number of hydrogen-bond donors (Lipinski definition) is 0. The Hall–Kier alpha value is 1.34. The molecule has 8 heavy (non-hydrogen) atoms. The van der Waals surface area contributed by atoms with Crippen molar-refractivity contribution in [2.24, 2.45) is 0 Å². The molecule has 0 aromatic rings. The SMILES string of the molecule is Br.CPP(C)(C)(C)C. The predicted molar refractivity (Wildman–Crippen MR) is 55.2 cm³/mol. The molecule has 0 fully saturated rings. The van der Waals surface area contributed by atoms with Gasteiger partial charge in [0.15, 0.2) is 0 Å². The van der Waals surface area contributed by atoms with Gasteiger partial charge in [0, 0.05) is 0 Å². The van der Waals surface area contributed by atoms with Crippen LogP contribution in [0.1, 0.15) is 0 Å². The zero-order chi connectivity index (χ0) is 6.15. The van der Waals surface area contributed by atoms with E-state index in [4.69, 9.17) is 0 Å². The molecule has 3 heteroatoms. The van der Waals surface area contributed by atoms with Gasteiger partial charge in [0.05, 0.1) is 0 Å². The van der Waals surface area contributed by atoms with Crippen molar-refractivity contribution in [3.63, 3.8) is 0 Å². The predicted octanol–water partition coefficient (Wildman–Crippen LogP) is 2.86. The van der Waals surface area contributed by atoms with Crippen LogP contribution in [0, 0.1) is 0 Å². The van der Waals surface area contributed by atoms with E-state index in [1.54, 1.807) is 0 Å². The molecule has 0 bridgehead atoms. The molecule has 0 saturated carbocycles. The van der Waals surface area contributed by atoms with Crippen LogP contribution in [0.15, 0.2) is 0 Å². The minimum absolute atomic E-state index is 0. The molecule has 54 valence electrons. The van der Waals surface area contributed by atoms with Crippen LogP contribution in [0.4, 0.5) is 0 Å². The number of hydrogen-bond acceptors (Lipinski definition) is 0. The van der Waals surface area contributed by atoms with E-state index < -0.39 is 6.29 Å². The third kappa shape index (κ3) is 10.3. The van der Waals surface area contributed by atoms with Gasteiger partial charge in [0.25, 0.3) is 0 Å². The molecule has 1 atom stereocenters. The molecule has 0 saturated heterocycles. The Morgan fingerprint density at radius 1 is 1.00 bits per heavy atom. The van der Waals surface area contributed by atoms with E-state index >= 15 is 0 Å². The Morgan fingerprint density at radius 2 is 1.12 bits per heavy atom. The van der Waals surface area contributed by atoms with Crippen molar-refractivity contribution in [1.82, 2.24) is 0 Å². The maximum absolute atomic E-state index is 2.41. The Kier molecular flexibility index (Phi) is 4.45. The summed E-state index contributed by atoms with van der Waals surface area (Å²) in [7, 11) is 1.15. The summed E-state index contributed by atoms with van der Waals surface area (Å²) < 4.78 is 0. The molecule has 0 N–H and O–H groups in total. The summed E-state index contributed by atoms with van der Waals surface area (Å²) in [4.78, 5) is 0. The van der Waals surface area contributed by atoms with E-state index in [0.29, 0.717) is 0 Å². The first-order chi connectivity index (χ1) is 2.81. The van der Waals surface area contributed by atoms with E-state index in [0.717, 1.165) is 8.27 Å². The van der Waals surface area contributed by atoms with Gasteiger partial charge in [-0.15, -0.1) is 17.0 Å². The fourth-order valence-corrected chi connectivity index (χ4v) is 0. The summed E-state index contributed by atoms with van der Waals surface area (Å²) in [6.07, 6.45) is -1.05. The van der Waals surface area contributed by atoms with Gasteiger partial charge in [-0.1, -0.05) is 0 Å². The fraction of sp³-hybridized carbons (Fsp3) is 1.00. The molecule has 0 aliphatic heterocycles. The molecule has 0 spiro atoms. The van der Waals surface area contributed by atoms with Gasteiger partial charge in [-0.25, -0.2) is 0 Å². The molecule has 0 aromatic heterocycles. The Balaban J connectivity index is 0. The summed E-state index contributed by atoms with van der Waals surface area (Å²) in [5, 5.41) is 0. The van der Waals surface area contributed by atoms with E-state index in [9.17, 15) is 0 Å². The Bertz CT molecular complexity index is 63.0. The summed E-state index contributed by atoms with van der Waals surface area (Å²) in [5.41, 5.74) is 0. The van der Waals surface area contributed by atoms with Crippen molar-refractivity contribution in [3.8, 4) is 0 Å². The van der Waals surface area contributed by atoms with Crippen molar-refractivity contribution >= 4 is 31.5 Å². The van der Waals surface area contributed by atoms with Gasteiger partial charge in [-0.2, -0.15) is 0 Å². The second kappa shape index (κ2) is 2.95. The summed E-state index contributed by atoms with van der Waals surface area (Å²) >= 11 is 0. The van der Waals surface area contributed by atoms with Gasteiger partial charge < -0.3 is 0 Å². The second-order valence-electron chi connectivity index (χ2n) is 3.80. The minimum atomic E-state index is -1.05. The second-order valence-corrected chi connectivity index (χ2v) is 18.1. The first-order valence-corrected chi connectivity index (χ1v) is 8.88. The van der Waals surface area contributed by atoms with Gasteiger partial charge in [-0.05, 0) is 0 Å². The Labute approximate surface area is 65.2 Å². The third-order valence-electron chi connectivity index (χ3n) is 0.894.